The Bertz CT molecular complexity index is 722. The third-order valence-electron chi connectivity index (χ3n) is 4.90. The van der Waals surface area contributed by atoms with Crippen LogP contribution >= 0.6 is 0 Å². The maximum absolute atomic E-state index is 13.1. The number of ether oxygens (including phenoxy) is 4. The van der Waals surface area contributed by atoms with E-state index in [0.29, 0.717) is 42.4 Å². The molecule has 142 valence electrons. The molecule has 0 saturated carbocycles. The van der Waals surface area contributed by atoms with Crippen LogP contribution in [-0.2, 0) is 4.74 Å². The van der Waals surface area contributed by atoms with Gasteiger partial charge in [0.2, 0.25) is 0 Å². The van der Waals surface area contributed by atoms with Crippen molar-refractivity contribution >= 4 is 12.0 Å². The lowest BCUT2D eigenvalue weighted by molar-refractivity contribution is -0.00532. The number of hydrogen-bond donors (Lipinski definition) is 0. The first-order valence-corrected chi connectivity index (χ1v) is 8.46. The van der Waals surface area contributed by atoms with Crippen molar-refractivity contribution in [2.24, 2.45) is 0 Å². The number of likely N-dealkylation sites (tertiary alicyclic amines) is 1. The molecular formula is C18H24N2O6. The van der Waals surface area contributed by atoms with E-state index < -0.39 is 5.60 Å². The van der Waals surface area contributed by atoms with Crippen LogP contribution in [0.1, 0.15) is 23.2 Å². The Balaban J connectivity index is 1.88. The van der Waals surface area contributed by atoms with Gasteiger partial charge in [0.25, 0.3) is 5.91 Å². The van der Waals surface area contributed by atoms with Crippen molar-refractivity contribution in [3.05, 3.63) is 17.7 Å². The van der Waals surface area contributed by atoms with Gasteiger partial charge in [0, 0.05) is 25.7 Å². The first-order chi connectivity index (χ1) is 12.4. The lowest BCUT2D eigenvalue weighted by Gasteiger charge is -2.38. The third-order valence-corrected chi connectivity index (χ3v) is 4.90. The molecule has 1 spiro atoms. The number of piperidine rings is 1. The first kappa shape index (κ1) is 18.2. The fourth-order valence-corrected chi connectivity index (χ4v) is 3.64. The van der Waals surface area contributed by atoms with Gasteiger partial charge in [-0.1, -0.05) is 0 Å². The Morgan fingerprint density at radius 1 is 1.08 bits per heavy atom. The van der Waals surface area contributed by atoms with Crippen LogP contribution < -0.4 is 14.2 Å². The molecule has 2 aliphatic heterocycles. The van der Waals surface area contributed by atoms with Gasteiger partial charge in [-0.3, -0.25) is 4.79 Å². The summed E-state index contributed by atoms with van der Waals surface area (Å²) in [5.41, 5.74) is -0.247. The maximum Gasteiger partial charge on any atom is 0.410 e. The molecule has 0 bridgehead atoms. The summed E-state index contributed by atoms with van der Waals surface area (Å²) in [6, 6.07) is 3.25. The number of carbonyl (C=O) groups is 2. The highest BCUT2D eigenvalue weighted by Gasteiger charge is 2.47. The van der Waals surface area contributed by atoms with E-state index in [4.69, 9.17) is 18.9 Å². The van der Waals surface area contributed by atoms with Crippen molar-refractivity contribution in [2.45, 2.75) is 18.4 Å². The monoisotopic (exact) mass is 364 g/mol. The minimum absolute atomic E-state index is 0.188. The molecule has 2 saturated heterocycles. The van der Waals surface area contributed by atoms with E-state index in [9.17, 15) is 9.59 Å². The van der Waals surface area contributed by atoms with Gasteiger partial charge >= 0.3 is 6.09 Å². The lowest BCUT2D eigenvalue weighted by Crippen LogP contribution is -2.52. The summed E-state index contributed by atoms with van der Waals surface area (Å²) in [4.78, 5) is 28.2. The normalized spacial score (nSPS) is 22.4. The molecule has 3 rings (SSSR count). The van der Waals surface area contributed by atoms with E-state index in [-0.39, 0.29) is 12.0 Å². The molecule has 1 aromatic rings. The molecule has 0 N–H and O–H groups in total. The predicted molar refractivity (Wildman–Crippen MR) is 93.1 cm³/mol. The minimum Gasteiger partial charge on any atom is -0.496 e. The molecule has 0 aliphatic carbocycles. The summed E-state index contributed by atoms with van der Waals surface area (Å²) in [6.07, 6.45) is 1.17. The van der Waals surface area contributed by atoms with E-state index in [2.05, 4.69) is 0 Å². The summed E-state index contributed by atoms with van der Waals surface area (Å²) in [5, 5.41) is 0. The van der Waals surface area contributed by atoms with Gasteiger partial charge in [0.05, 0.1) is 40.0 Å². The Morgan fingerprint density at radius 3 is 2.31 bits per heavy atom. The Morgan fingerprint density at radius 2 is 1.73 bits per heavy atom. The molecule has 2 amide bonds. The molecular weight excluding hydrogens is 340 g/mol. The number of carbonyl (C=O) groups excluding carboxylic acids is 2. The molecule has 2 heterocycles. The Labute approximate surface area is 152 Å². The smallest absolute Gasteiger partial charge is 0.410 e. The Hall–Kier alpha value is -2.64. The zero-order valence-electron chi connectivity index (χ0n) is 15.5. The van der Waals surface area contributed by atoms with Gasteiger partial charge < -0.3 is 28.7 Å². The van der Waals surface area contributed by atoms with Crippen LogP contribution in [0, 0.1) is 0 Å². The highest BCUT2D eigenvalue weighted by Crippen LogP contribution is 2.37. The van der Waals surface area contributed by atoms with Crippen LogP contribution in [0.4, 0.5) is 4.79 Å². The number of nitrogens with zero attached hydrogens (tertiary/aromatic N) is 2. The summed E-state index contributed by atoms with van der Waals surface area (Å²) in [5.74, 6) is 1.16. The molecule has 1 atom stereocenters. The van der Waals surface area contributed by atoms with Crippen molar-refractivity contribution < 1.29 is 28.5 Å². The second kappa shape index (κ2) is 6.93. The molecule has 8 heteroatoms. The second-order valence-corrected chi connectivity index (χ2v) is 6.64. The summed E-state index contributed by atoms with van der Waals surface area (Å²) in [7, 11) is 6.25. The van der Waals surface area contributed by atoms with Crippen LogP contribution in [0.2, 0.25) is 0 Å². The summed E-state index contributed by atoms with van der Waals surface area (Å²) < 4.78 is 21.5. The quantitative estimate of drug-likeness (QED) is 0.810. The number of hydrogen-bond acceptors (Lipinski definition) is 6. The first-order valence-electron chi connectivity index (χ1n) is 8.46. The highest BCUT2D eigenvalue weighted by atomic mass is 16.6. The molecule has 1 aromatic carbocycles. The van der Waals surface area contributed by atoms with Crippen molar-refractivity contribution in [1.29, 1.82) is 0 Å². The molecule has 2 aliphatic rings. The largest absolute Gasteiger partial charge is 0.496 e. The van der Waals surface area contributed by atoms with Gasteiger partial charge in [-0.25, -0.2) is 4.79 Å². The van der Waals surface area contributed by atoms with Crippen LogP contribution in [0.5, 0.6) is 17.2 Å². The number of amides is 2. The third kappa shape index (κ3) is 3.11. The van der Waals surface area contributed by atoms with Crippen molar-refractivity contribution in [3.8, 4) is 17.2 Å². The van der Waals surface area contributed by atoms with Gasteiger partial charge in [0.1, 0.15) is 11.4 Å². The van der Waals surface area contributed by atoms with E-state index in [1.807, 2.05) is 0 Å². The minimum atomic E-state index is -0.635. The van der Waals surface area contributed by atoms with Crippen LogP contribution in [0.15, 0.2) is 12.1 Å². The molecule has 0 unspecified atom stereocenters. The van der Waals surface area contributed by atoms with E-state index in [1.54, 1.807) is 29.0 Å². The van der Waals surface area contributed by atoms with Crippen molar-refractivity contribution in [1.82, 2.24) is 9.80 Å². The van der Waals surface area contributed by atoms with Crippen molar-refractivity contribution in [3.63, 3.8) is 0 Å². The van der Waals surface area contributed by atoms with E-state index >= 15 is 0 Å². The zero-order chi connectivity index (χ0) is 18.9. The number of rotatable bonds is 4. The van der Waals surface area contributed by atoms with Gasteiger partial charge in [-0.05, 0) is 12.8 Å². The van der Waals surface area contributed by atoms with Crippen LogP contribution in [0.3, 0.4) is 0 Å². The summed E-state index contributed by atoms with van der Waals surface area (Å²) >= 11 is 0. The predicted octanol–water partition coefficient (Wildman–Crippen LogP) is 1.77. The summed E-state index contributed by atoms with van der Waals surface area (Å²) in [6.45, 7) is 1.44. The van der Waals surface area contributed by atoms with E-state index in [1.165, 1.54) is 21.3 Å². The fraction of sp³-hybridized carbons (Fsp3) is 0.556. The molecule has 0 radical (unpaired) electrons. The SMILES string of the molecule is COc1cc(OC)c(C(=O)N2CCC[C@@]3(CN(C)C(=O)O3)C2)cc1OC. The average molecular weight is 364 g/mol. The van der Waals surface area contributed by atoms with Gasteiger partial charge in [0.15, 0.2) is 11.5 Å². The van der Waals surface area contributed by atoms with Crippen molar-refractivity contribution in [2.75, 3.05) is 48.0 Å². The zero-order valence-corrected chi connectivity index (χ0v) is 15.5. The molecule has 2 fully saturated rings. The van der Waals surface area contributed by atoms with Crippen LogP contribution in [0.25, 0.3) is 0 Å². The standard InChI is InChI=1S/C18H24N2O6/c1-19-10-18(26-17(19)22)6-5-7-20(11-18)16(21)12-8-14(24-3)15(25-4)9-13(12)23-2/h8-9H,5-7,10-11H2,1-4H3/t18-/m1/s1. The second-order valence-electron chi connectivity index (χ2n) is 6.64. The number of likely N-dealkylation sites (N-methyl/N-ethyl adjacent to an activating group) is 1. The number of methoxy groups -OCH3 is 3. The molecule has 26 heavy (non-hydrogen) atoms. The van der Waals surface area contributed by atoms with E-state index in [0.717, 1.165) is 12.8 Å². The number of benzene rings is 1. The van der Waals surface area contributed by atoms with Gasteiger partial charge in [-0.15, -0.1) is 0 Å². The van der Waals surface area contributed by atoms with Crippen LogP contribution in [-0.4, -0.2) is 75.4 Å². The maximum atomic E-state index is 13.1. The Kier molecular flexibility index (Phi) is 4.84. The molecule has 0 aromatic heterocycles. The average Bonchev–Trinajstić information content (AvgIpc) is 2.92. The van der Waals surface area contributed by atoms with Gasteiger partial charge in [-0.2, -0.15) is 0 Å². The molecule has 8 nitrogen and oxygen atoms in total. The highest BCUT2D eigenvalue weighted by molar-refractivity contribution is 5.98. The lowest BCUT2D eigenvalue weighted by atomic mass is 9.92. The topological polar surface area (TPSA) is 77.5 Å². The fourth-order valence-electron chi connectivity index (χ4n) is 3.64.